The van der Waals surface area contributed by atoms with E-state index in [2.05, 4.69) is 13.8 Å². The minimum atomic E-state index is -0.464. The largest absolute Gasteiger partial charge is 0.196 e. The summed E-state index contributed by atoms with van der Waals surface area (Å²) in [6.07, 6.45) is 4.79. The molecule has 0 aromatic heterocycles. The molecule has 0 radical (unpaired) electrons. The number of allylic oxidation sites excluding steroid dienone is 2. The van der Waals surface area contributed by atoms with Gasteiger partial charge in [-0.15, -0.1) is 11.6 Å². The lowest BCUT2D eigenvalue weighted by Gasteiger charge is -1.98. The average molecular weight is 158 g/mol. The Bertz CT molecular complexity index is 146. The molecule has 0 bridgehead atoms. The molecular weight excluding hydrogens is 146 g/mol. The minimum absolute atomic E-state index is 0.464. The summed E-state index contributed by atoms with van der Waals surface area (Å²) >= 11 is 5.52. The lowest BCUT2D eigenvalue weighted by molar-refractivity contribution is 0.696. The van der Waals surface area contributed by atoms with Gasteiger partial charge in [0.2, 0.25) is 0 Å². The molecule has 0 amide bonds. The summed E-state index contributed by atoms with van der Waals surface area (Å²) in [4.78, 5) is 0. The zero-order chi connectivity index (χ0) is 7.98. The van der Waals surface area contributed by atoms with E-state index in [4.69, 9.17) is 16.9 Å². The van der Waals surface area contributed by atoms with E-state index in [1.165, 1.54) is 0 Å². The van der Waals surface area contributed by atoms with Gasteiger partial charge in [0.25, 0.3) is 0 Å². The van der Waals surface area contributed by atoms with Crippen molar-refractivity contribution in [1.29, 1.82) is 5.26 Å². The monoisotopic (exact) mass is 157 g/mol. The summed E-state index contributed by atoms with van der Waals surface area (Å²) in [6.45, 7) is 4.20. The summed E-state index contributed by atoms with van der Waals surface area (Å²) in [6, 6.07) is 1.92. The van der Waals surface area contributed by atoms with Gasteiger partial charge < -0.3 is 0 Å². The molecule has 56 valence electrons. The van der Waals surface area contributed by atoms with Crippen LogP contribution in [0.3, 0.4) is 0 Å². The summed E-state index contributed by atoms with van der Waals surface area (Å²) in [5.74, 6) is 0.523. The van der Waals surface area contributed by atoms with Gasteiger partial charge in [-0.05, 0) is 5.92 Å². The van der Waals surface area contributed by atoms with Crippen molar-refractivity contribution in [2.45, 2.75) is 25.6 Å². The molecule has 0 aromatic rings. The third-order valence-electron chi connectivity index (χ3n) is 1.38. The van der Waals surface area contributed by atoms with Gasteiger partial charge in [-0.2, -0.15) is 5.26 Å². The second kappa shape index (κ2) is 5.32. The maximum atomic E-state index is 8.29. The number of halogens is 1. The Morgan fingerprint density at radius 1 is 1.60 bits per heavy atom. The Balaban J connectivity index is 3.66. The maximum absolute atomic E-state index is 8.29. The van der Waals surface area contributed by atoms with E-state index in [1.807, 2.05) is 12.1 Å². The molecule has 0 saturated carbocycles. The molecule has 2 atom stereocenters. The van der Waals surface area contributed by atoms with E-state index in [-0.39, 0.29) is 0 Å². The van der Waals surface area contributed by atoms with Gasteiger partial charge >= 0.3 is 0 Å². The van der Waals surface area contributed by atoms with Crippen molar-refractivity contribution in [2.24, 2.45) is 5.92 Å². The summed E-state index contributed by atoms with van der Waals surface area (Å²) in [5.41, 5.74) is 0. The second-order valence-electron chi connectivity index (χ2n) is 2.30. The Morgan fingerprint density at radius 2 is 2.20 bits per heavy atom. The highest BCUT2D eigenvalue weighted by atomic mass is 35.5. The fraction of sp³-hybridized carbons (Fsp3) is 0.625. The van der Waals surface area contributed by atoms with Crippen LogP contribution in [0.15, 0.2) is 12.2 Å². The first-order valence-corrected chi connectivity index (χ1v) is 3.86. The van der Waals surface area contributed by atoms with Gasteiger partial charge in [0, 0.05) is 0 Å². The first kappa shape index (κ1) is 9.52. The smallest absolute Gasteiger partial charge is 0.138 e. The normalized spacial score (nSPS) is 16.6. The molecule has 0 fully saturated rings. The average Bonchev–Trinajstić information content (AvgIpc) is 1.99. The SMILES string of the molecule is CCC(C)/C=C/C(Cl)C#N. The lowest BCUT2D eigenvalue weighted by atomic mass is 10.1. The number of nitrogens with zero attached hydrogens (tertiary/aromatic N) is 1. The van der Waals surface area contributed by atoms with Crippen molar-refractivity contribution < 1.29 is 0 Å². The van der Waals surface area contributed by atoms with Crippen molar-refractivity contribution in [1.82, 2.24) is 0 Å². The fourth-order valence-electron chi connectivity index (χ4n) is 0.466. The first-order valence-electron chi connectivity index (χ1n) is 3.42. The molecule has 0 aliphatic heterocycles. The first-order chi connectivity index (χ1) is 4.70. The molecule has 0 N–H and O–H groups in total. The predicted molar refractivity (Wildman–Crippen MR) is 43.8 cm³/mol. The highest BCUT2D eigenvalue weighted by Crippen LogP contribution is 2.04. The molecule has 0 heterocycles. The fourth-order valence-corrected chi connectivity index (χ4v) is 0.550. The van der Waals surface area contributed by atoms with E-state index < -0.39 is 5.38 Å². The predicted octanol–water partition coefficient (Wildman–Crippen LogP) is 2.72. The van der Waals surface area contributed by atoms with Gasteiger partial charge in [-0.25, -0.2) is 0 Å². The van der Waals surface area contributed by atoms with E-state index in [9.17, 15) is 0 Å². The van der Waals surface area contributed by atoms with Crippen LogP contribution in [-0.2, 0) is 0 Å². The van der Waals surface area contributed by atoms with Gasteiger partial charge in [-0.3, -0.25) is 0 Å². The Hall–Kier alpha value is -0.480. The van der Waals surface area contributed by atoms with Crippen LogP contribution in [0.1, 0.15) is 20.3 Å². The topological polar surface area (TPSA) is 23.8 Å². The van der Waals surface area contributed by atoms with Crippen molar-refractivity contribution >= 4 is 11.6 Å². The molecule has 1 nitrogen and oxygen atoms in total. The number of hydrogen-bond acceptors (Lipinski definition) is 1. The van der Waals surface area contributed by atoms with Gasteiger partial charge in [0.05, 0.1) is 6.07 Å². The third-order valence-corrected chi connectivity index (χ3v) is 1.62. The zero-order valence-corrected chi connectivity index (χ0v) is 7.10. The Labute approximate surface area is 67.3 Å². The molecular formula is C8H12ClN. The van der Waals surface area contributed by atoms with Crippen LogP contribution < -0.4 is 0 Å². The van der Waals surface area contributed by atoms with Crippen molar-refractivity contribution in [2.75, 3.05) is 0 Å². The number of alkyl halides is 1. The quantitative estimate of drug-likeness (QED) is 0.457. The maximum Gasteiger partial charge on any atom is 0.138 e. The number of hydrogen-bond donors (Lipinski definition) is 0. The Kier molecular flexibility index (Phi) is 5.06. The van der Waals surface area contributed by atoms with Crippen molar-refractivity contribution in [3.8, 4) is 6.07 Å². The number of rotatable bonds is 3. The Morgan fingerprint density at radius 3 is 2.60 bits per heavy atom. The van der Waals surface area contributed by atoms with Crippen LogP contribution in [0, 0.1) is 17.2 Å². The molecule has 0 aliphatic carbocycles. The standard InChI is InChI=1S/C8H12ClN/c1-3-7(2)4-5-8(9)6-10/h4-5,7-8H,3H2,1-2H3/b5-4+. The van der Waals surface area contributed by atoms with Crippen LogP contribution in [0.25, 0.3) is 0 Å². The van der Waals surface area contributed by atoms with Crippen LogP contribution in [0.5, 0.6) is 0 Å². The molecule has 0 aliphatic rings. The molecule has 2 unspecified atom stereocenters. The van der Waals surface area contributed by atoms with Gasteiger partial charge in [0.1, 0.15) is 5.38 Å². The van der Waals surface area contributed by atoms with Crippen molar-refractivity contribution in [3.05, 3.63) is 12.2 Å². The van der Waals surface area contributed by atoms with Crippen LogP contribution >= 0.6 is 11.6 Å². The number of nitriles is 1. The summed E-state index contributed by atoms with van der Waals surface area (Å²) in [5, 5.41) is 7.82. The molecule has 0 aromatic carbocycles. The van der Waals surface area contributed by atoms with Gasteiger partial charge in [-0.1, -0.05) is 32.4 Å². The zero-order valence-electron chi connectivity index (χ0n) is 6.34. The van der Waals surface area contributed by atoms with Crippen LogP contribution in [0.4, 0.5) is 0 Å². The second-order valence-corrected chi connectivity index (χ2v) is 2.77. The molecule has 0 spiro atoms. The summed E-state index contributed by atoms with van der Waals surface area (Å²) in [7, 11) is 0. The summed E-state index contributed by atoms with van der Waals surface area (Å²) < 4.78 is 0. The molecule has 2 heteroatoms. The van der Waals surface area contributed by atoms with Crippen LogP contribution in [0.2, 0.25) is 0 Å². The van der Waals surface area contributed by atoms with E-state index >= 15 is 0 Å². The van der Waals surface area contributed by atoms with E-state index in [0.717, 1.165) is 6.42 Å². The van der Waals surface area contributed by atoms with E-state index in [0.29, 0.717) is 5.92 Å². The molecule has 0 saturated heterocycles. The third kappa shape index (κ3) is 4.40. The lowest BCUT2D eigenvalue weighted by Crippen LogP contribution is -1.90. The van der Waals surface area contributed by atoms with Gasteiger partial charge in [0.15, 0.2) is 0 Å². The highest BCUT2D eigenvalue weighted by molar-refractivity contribution is 6.23. The highest BCUT2D eigenvalue weighted by Gasteiger charge is 1.95. The minimum Gasteiger partial charge on any atom is -0.196 e. The molecule has 10 heavy (non-hydrogen) atoms. The van der Waals surface area contributed by atoms with E-state index in [1.54, 1.807) is 6.08 Å². The van der Waals surface area contributed by atoms with Crippen LogP contribution in [-0.4, -0.2) is 5.38 Å². The molecule has 0 rings (SSSR count). The van der Waals surface area contributed by atoms with Crippen molar-refractivity contribution in [3.63, 3.8) is 0 Å².